The molecule has 2 aromatic rings. The Balaban J connectivity index is 0. The van der Waals surface area contributed by atoms with E-state index in [-0.39, 0.29) is 5.91 Å². The highest BCUT2D eigenvalue weighted by molar-refractivity contribution is 6.08. The van der Waals surface area contributed by atoms with Gasteiger partial charge in [-0.3, -0.25) is 9.80 Å². The summed E-state index contributed by atoms with van der Waals surface area (Å²) >= 11 is 0. The lowest BCUT2D eigenvalue weighted by Crippen LogP contribution is -2.31. The van der Waals surface area contributed by atoms with Crippen LogP contribution in [0.25, 0.3) is 0 Å². The van der Waals surface area contributed by atoms with E-state index in [0.29, 0.717) is 6.54 Å². The van der Waals surface area contributed by atoms with Crippen molar-refractivity contribution in [1.29, 1.82) is 0 Å². The van der Waals surface area contributed by atoms with Gasteiger partial charge in [-0.05, 0) is 127 Å². The minimum Gasteiger partial charge on any atom is -0.457 e. The maximum atomic E-state index is 12.1. The molecule has 1 aliphatic rings. The summed E-state index contributed by atoms with van der Waals surface area (Å²) in [5, 5.41) is 9.58. The molecule has 1 aromatic heterocycles. The molecule has 3 rings (SSSR count). The average molecular weight is 840 g/mol. The van der Waals surface area contributed by atoms with Crippen molar-refractivity contribution < 1.29 is 9.53 Å². The number of carbonyl (C=O) groups excluding carboxylic acids is 1. The van der Waals surface area contributed by atoms with E-state index in [1.807, 2.05) is 122 Å². The molecule has 1 aliphatic heterocycles. The molecular weight excluding hydrogens is 755 g/mol. The van der Waals surface area contributed by atoms with Crippen LogP contribution >= 0.6 is 0 Å². The molecule has 1 atom stereocenters. The number of aliphatic imine (C=N–C) groups is 1. The third-order valence-electron chi connectivity index (χ3n) is 9.03. The lowest BCUT2D eigenvalue weighted by atomic mass is 10.0. The molecule has 61 heavy (non-hydrogen) atoms. The van der Waals surface area contributed by atoms with Gasteiger partial charge in [0, 0.05) is 62.1 Å². The van der Waals surface area contributed by atoms with Crippen LogP contribution in [-0.2, 0) is 4.79 Å². The maximum absolute atomic E-state index is 12.1. The Bertz CT molecular complexity index is 1710. The van der Waals surface area contributed by atoms with Crippen molar-refractivity contribution in [2.45, 2.75) is 142 Å². The first-order valence-electron chi connectivity index (χ1n) is 22.7. The van der Waals surface area contributed by atoms with Gasteiger partial charge in [-0.15, -0.1) is 12.3 Å². The van der Waals surface area contributed by atoms with Gasteiger partial charge in [0.2, 0.25) is 5.91 Å². The summed E-state index contributed by atoms with van der Waals surface area (Å²) in [5.41, 5.74) is 6.09. The van der Waals surface area contributed by atoms with E-state index in [9.17, 15) is 4.79 Å². The minimum atomic E-state index is 0.160. The number of nitrogens with zero attached hydrogens (tertiary/aromatic N) is 6. The highest BCUT2D eigenvalue weighted by Crippen LogP contribution is 2.26. The number of anilines is 1. The molecule has 1 N–H and O–H groups in total. The van der Waals surface area contributed by atoms with Crippen LogP contribution in [0.4, 0.5) is 5.69 Å². The second-order valence-corrected chi connectivity index (χ2v) is 14.5. The van der Waals surface area contributed by atoms with Crippen molar-refractivity contribution in [3.8, 4) is 18.1 Å². The van der Waals surface area contributed by atoms with Crippen molar-refractivity contribution in [2.24, 2.45) is 16.0 Å². The van der Waals surface area contributed by atoms with Crippen LogP contribution in [0.1, 0.15) is 142 Å². The summed E-state index contributed by atoms with van der Waals surface area (Å²) in [4.78, 5) is 25.7. The van der Waals surface area contributed by atoms with E-state index >= 15 is 0 Å². The largest absolute Gasteiger partial charge is 0.457 e. The second kappa shape index (κ2) is 36.9. The fraction of sp³-hybridized carbons (Fsp3) is 0.538. The normalized spacial score (nSPS) is 12.6. The maximum Gasteiger partial charge on any atom is 0.246 e. The van der Waals surface area contributed by atoms with Crippen LogP contribution in [0.15, 0.2) is 82.9 Å². The Morgan fingerprint density at radius 2 is 1.69 bits per heavy atom. The van der Waals surface area contributed by atoms with E-state index in [4.69, 9.17) is 21.1 Å². The molecule has 0 radical (unpaired) electrons. The number of hydrazone groups is 1. The average Bonchev–Trinajstić information content (AvgIpc) is 3.26. The molecule has 2 heterocycles. The fourth-order valence-corrected chi connectivity index (χ4v) is 5.40. The molecule has 0 fully saturated rings. The van der Waals surface area contributed by atoms with Crippen LogP contribution < -0.4 is 10.1 Å². The molecule has 9 nitrogen and oxygen atoms in total. The molecule has 1 amide bonds. The van der Waals surface area contributed by atoms with Gasteiger partial charge in [-0.1, -0.05) is 93.4 Å². The zero-order valence-electron chi connectivity index (χ0n) is 41.4. The number of amides is 1. The Kier molecular flexibility index (Phi) is 35.2. The highest BCUT2D eigenvalue weighted by atomic mass is 16.5. The number of allylic oxidation sites excluding steroid dienone is 2. The number of nitrogens with one attached hydrogen (secondary N) is 1. The summed E-state index contributed by atoms with van der Waals surface area (Å²) in [7, 11) is 4.01. The monoisotopic (exact) mass is 840 g/mol. The number of ether oxygens (including phenoxy) is 1. The molecule has 1 aromatic carbocycles. The van der Waals surface area contributed by atoms with Crippen molar-refractivity contribution in [1.82, 2.24) is 19.8 Å². The quantitative estimate of drug-likeness (QED) is 0.0696. The molecule has 0 spiro atoms. The van der Waals surface area contributed by atoms with Crippen molar-refractivity contribution in [3.63, 3.8) is 0 Å². The van der Waals surface area contributed by atoms with Crippen molar-refractivity contribution in [2.75, 3.05) is 45.6 Å². The predicted molar refractivity (Wildman–Crippen MR) is 268 cm³/mol. The summed E-state index contributed by atoms with van der Waals surface area (Å²) in [6.45, 7) is 32.1. The molecule has 340 valence electrons. The van der Waals surface area contributed by atoms with E-state index in [1.54, 1.807) is 12.3 Å². The number of hydrogen-bond acceptors (Lipinski definition) is 7. The van der Waals surface area contributed by atoms with Gasteiger partial charge in [-0.2, -0.15) is 5.10 Å². The van der Waals surface area contributed by atoms with Gasteiger partial charge < -0.3 is 19.9 Å². The number of aryl methyl sites for hydroxylation is 4. The third-order valence-corrected chi connectivity index (χ3v) is 9.03. The topological polar surface area (TPSA) is 85.7 Å². The summed E-state index contributed by atoms with van der Waals surface area (Å²) in [6.07, 6.45) is 27.5. The second-order valence-electron chi connectivity index (χ2n) is 14.5. The predicted octanol–water partition coefficient (Wildman–Crippen LogP) is 12.8. The standard InChI is InChI=1S/C28H35N5O.C16H32N2O.C4H6.2C2H6/c1-7-9-10-15-29-28(27-22(5)18-20(3)23(6)31-27)32-24-11-12-26(21(4)19-24)34-25-13-16-33(17-14-25)30-8-2;1-6-12-18(14-8-10-15(3)7-2)16(19)11-9-13-17(4)5;1-3-4-2;2*1-2/h8,10-16,18-19H,7,9,17H2,1-6H3,(H,29,32);9,11,15H,6-8,10,12-14H2,1-5H3;1H,4H2,2H3;2*1-2H3/b15-10+,30-8-;11-9+;;;. The van der Waals surface area contributed by atoms with Gasteiger partial charge in [0.1, 0.15) is 17.2 Å². The molecule has 0 aliphatic carbocycles. The molecule has 0 saturated heterocycles. The number of rotatable bonds is 18. The van der Waals surface area contributed by atoms with Crippen molar-refractivity contribution >= 4 is 23.6 Å². The Labute approximate surface area is 374 Å². The number of likely N-dealkylation sites (N-methyl/N-ethyl adjacent to an activating group) is 1. The van der Waals surface area contributed by atoms with E-state index in [0.717, 1.165) is 103 Å². The smallest absolute Gasteiger partial charge is 0.246 e. The first kappa shape index (κ1) is 58.2. The van der Waals surface area contributed by atoms with Gasteiger partial charge in [-0.25, -0.2) is 9.98 Å². The minimum absolute atomic E-state index is 0.160. The fourth-order valence-electron chi connectivity index (χ4n) is 5.40. The molecule has 1 unspecified atom stereocenters. The van der Waals surface area contributed by atoms with Crippen molar-refractivity contribution in [3.05, 3.63) is 101 Å². The first-order chi connectivity index (χ1) is 29.3. The van der Waals surface area contributed by atoms with Gasteiger partial charge >= 0.3 is 0 Å². The van der Waals surface area contributed by atoms with E-state index in [2.05, 4.69) is 81.0 Å². The van der Waals surface area contributed by atoms with Gasteiger partial charge in [0.15, 0.2) is 5.84 Å². The number of pyridine rings is 1. The van der Waals surface area contributed by atoms with Gasteiger partial charge in [0.25, 0.3) is 0 Å². The SMILES string of the molecule is C#CCC.C/C=N\N1C=CC(Oc2ccc(NC(=N/C=C/CCC)c3nc(C)c(C)cc3C)cc2C)=CC1.CC.CC.CCCN(CCCC(C)CC)C(=O)/C=C/CN(C)C. The first-order valence-corrected chi connectivity index (χ1v) is 22.7. The Morgan fingerprint density at radius 3 is 2.23 bits per heavy atom. The molecular formula is C52H85N7O2. The lowest BCUT2D eigenvalue weighted by molar-refractivity contribution is -0.126. The number of terminal acetylenes is 1. The number of unbranched alkanes of at least 4 members (excludes halogenated alkanes) is 1. The highest BCUT2D eigenvalue weighted by Gasteiger charge is 2.14. The summed E-state index contributed by atoms with van der Waals surface area (Å²) in [6, 6.07) is 8.21. The number of carbonyl (C=O) groups is 1. The summed E-state index contributed by atoms with van der Waals surface area (Å²) in [5.74, 6) is 5.71. The lowest BCUT2D eigenvalue weighted by Gasteiger charge is -2.21. The van der Waals surface area contributed by atoms with Gasteiger partial charge in [0.05, 0.1) is 6.54 Å². The number of hydrogen-bond donors (Lipinski definition) is 1. The van der Waals surface area contributed by atoms with Crippen LogP contribution in [-0.4, -0.2) is 78.0 Å². The number of amidine groups is 1. The zero-order valence-corrected chi connectivity index (χ0v) is 41.4. The molecule has 0 bridgehead atoms. The van der Waals surface area contributed by atoms with Crippen LogP contribution in [0.2, 0.25) is 0 Å². The van der Waals surface area contributed by atoms with E-state index < -0.39 is 0 Å². The van der Waals surface area contributed by atoms with Crippen LogP contribution in [0.3, 0.4) is 0 Å². The Morgan fingerprint density at radius 1 is 1.00 bits per heavy atom. The third kappa shape index (κ3) is 26.1. The van der Waals surface area contributed by atoms with E-state index in [1.165, 1.54) is 18.4 Å². The zero-order chi connectivity index (χ0) is 46.6. The van der Waals surface area contributed by atoms with Crippen LogP contribution in [0.5, 0.6) is 5.75 Å². The molecule has 0 saturated carbocycles. The number of aromatic nitrogens is 1. The van der Waals surface area contributed by atoms with Crippen LogP contribution in [0, 0.1) is 46.0 Å². The molecule has 9 heteroatoms. The Hall–Kier alpha value is -4.94. The number of benzene rings is 1. The summed E-state index contributed by atoms with van der Waals surface area (Å²) < 4.78 is 6.11.